The third-order valence-electron chi connectivity index (χ3n) is 7.74. The molecule has 5 nitrogen and oxygen atoms in total. The van der Waals surface area contributed by atoms with Gasteiger partial charge < -0.3 is 9.47 Å². The molecule has 2 saturated carbocycles. The predicted molar refractivity (Wildman–Crippen MR) is 144 cm³/mol. The molecule has 2 aromatic rings. The third-order valence-corrected chi connectivity index (χ3v) is 7.74. The van der Waals surface area contributed by atoms with Crippen LogP contribution in [0.4, 0.5) is 4.39 Å². The number of rotatable bonds is 5. The number of allylic oxidation sites excluding steroid dienone is 1. The lowest BCUT2D eigenvalue weighted by atomic mass is 9.57. The fourth-order valence-electron chi connectivity index (χ4n) is 6.21. The molecule has 0 radical (unpaired) electrons. The van der Waals surface area contributed by atoms with Gasteiger partial charge in [0, 0.05) is 17.7 Å². The van der Waals surface area contributed by atoms with Crippen molar-refractivity contribution in [3.63, 3.8) is 0 Å². The first-order chi connectivity index (χ1) is 18.0. The molecular weight excluding hydrogens is 469 g/mol. The summed E-state index contributed by atoms with van der Waals surface area (Å²) in [6.07, 6.45) is 12.2. The van der Waals surface area contributed by atoms with E-state index in [1.54, 1.807) is 19.2 Å². The number of fused-ring (bicyclic) bond motifs is 2. The number of carbonyl (C=O) groups excluding carboxylic acids is 2. The molecule has 37 heavy (non-hydrogen) atoms. The molecule has 0 amide bonds. The molecule has 6 heteroatoms. The molecule has 1 aliphatic heterocycles. The number of halogens is 1. The topological polar surface area (TPSA) is 65.5 Å². The van der Waals surface area contributed by atoms with Crippen molar-refractivity contribution in [1.29, 1.82) is 0 Å². The number of hydrogen-bond acceptors (Lipinski definition) is 5. The van der Waals surface area contributed by atoms with Gasteiger partial charge in [-0.1, -0.05) is 57.4 Å². The van der Waals surface area contributed by atoms with Crippen LogP contribution in [0.25, 0.3) is 17.2 Å². The molecule has 1 aromatic carbocycles. The Balaban J connectivity index is 0.000000489. The Morgan fingerprint density at radius 3 is 2.57 bits per heavy atom. The Hall–Kier alpha value is -3.02. The molecule has 0 bridgehead atoms. The number of hydrogen-bond donors (Lipinski definition) is 0. The van der Waals surface area contributed by atoms with E-state index < -0.39 is 0 Å². The summed E-state index contributed by atoms with van der Waals surface area (Å²) in [6.45, 7) is 8.72. The number of carbonyl (C=O) groups is 2. The van der Waals surface area contributed by atoms with Gasteiger partial charge >= 0.3 is 5.97 Å². The van der Waals surface area contributed by atoms with Gasteiger partial charge in [0.1, 0.15) is 11.9 Å². The SMILES string of the molecule is CC.CCOC=O.C[C@@H]1OC(=O)[C@@H]2C[C@H]3CCCC[C@H]3[C@@H](/C=C/c3ccc(-c4cccc(F)c4)cn3)C12. The number of nitrogens with zero attached hydrogens (tertiary/aromatic N) is 1. The zero-order chi connectivity index (χ0) is 26.8. The van der Waals surface area contributed by atoms with E-state index >= 15 is 0 Å². The summed E-state index contributed by atoms with van der Waals surface area (Å²) < 4.78 is 23.3. The number of pyridine rings is 1. The van der Waals surface area contributed by atoms with Gasteiger partial charge in [0.05, 0.1) is 18.2 Å². The quantitative estimate of drug-likeness (QED) is 0.317. The summed E-state index contributed by atoms with van der Waals surface area (Å²) in [5.74, 6) is 1.73. The molecule has 3 fully saturated rings. The van der Waals surface area contributed by atoms with Crippen LogP contribution in [-0.2, 0) is 19.1 Å². The summed E-state index contributed by atoms with van der Waals surface area (Å²) in [4.78, 5) is 26.2. The van der Waals surface area contributed by atoms with Crippen molar-refractivity contribution < 1.29 is 23.5 Å². The fourth-order valence-corrected chi connectivity index (χ4v) is 6.21. The number of aromatic nitrogens is 1. The summed E-state index contributed by atoms with van der Waals surface area (Å²) in [7, 11) is 0. The molecule has 1 unspecified atom stereocenters. The van der Waals surface area contributed by atoms with Gasteiger partial charge in [0.2, 0.25) is 0 Å². The molecule has 1 saturated heterocycles. The molecule has 5 rings (SSSR count). The zero-order valence-corrected chi connectivity index (χ0v) is 22.4. The van der Waals surface area contributed by atoms with Crippen molar-refractivity contribution in [2.24, 2.45) is 29.6 Å². The lowest BCUT2D eigenvalue weighted by molar-refractivity contribution is -0.144. The number of cyclic esters (lactones) is 1. The minimum Gasteiger partial charge on any atom is -0.468 e. The van der Waals surface area contributed by atoms with Crippen molar-refractivity contribution in [2.75, 3.05) is 6.61 Å². The summed E-state index contributed by atoms with van der Waals surface area (Å²) in [5, 5.41) is 0. The van der Waals surface area contributed by atoms with Crippen molar-refractivity contribution in [3.05, 3.63) is 60.2 Å². The minimum atomic E-state index is -0.243. The zero-order valence-electron chi connectivity index (χ0n) is 22.4. The molecule has 2 heterocycles. The predicted octanol–water partition coefficient (Wildman–Crippen LogP) is 7.11. The van der Waals surface area contributed by atoms with Crippen LogP contribution in [0.1, 0.15) is 65.5 Å². The van der Waals surface area contributed by atoms with Gasteiger partial charge in [-0.25, -0.2) is 4.39 Å². The van der Waals surface area contributed by atoms with Gasteiger partial charge in [0.15, 0.2) is 0 Å². The van der Waals surface area contributed by atoms with Crippen LogP contribution in [0.15, 0.2) is 48.7 Å². The van der Waals surface area contributed by atoms with Crippen molar-refractivity contribution >= 4 is 18.5 Å². The maximum atomic E-state index is 13.5. The first-order valence-corrected chi connectivity index (χ1v) is 13.7. The van der Waals surface area contributed by atoms with E-state index in [9.17, 15) is 14.0 Å². The van der Waals surface area contributed by atoms with E-state index in [4.69, 9.17) is 4.74 Å². The van der Waals surface area contributed by atoms with Crippen LogP contribution >= 0.6 is 0 Å². The van der Waals surface area contributed by atoms with Crippen LogP contribution in [0.3, 0.4) is 0 Å². The van der Waals surface area contributed by atoms with Crippen LogP contribution in [0, 0.1) is 35.4 Å². The Labute approximate surface area is 220 Å². The van der Waals surface area contributed by atoms with Crippen LogP contribution in [0.2, 0.25) is 0 Å². The van der Waals surface area contributed by atoms with Gasteiger partial charge in [0.25, 0.3) is 6.47 Å². The Morgan fingerprint density at radius 1 is 1.14 bits per heavy atom. The van der Waals surface area contributed by atoms with Crippen molar-refractivity contribution in [1.82, 2.24) is 4.98 Å². The van der Waals surface area contributed by atoms with Gasteiger partial charge in [-0.3, -0.25) is 14.6 Å². The van der Waals surface area contributed by atoms with E-state index in [0.29, 0.717) is 30.8 Å². The number of esters is 1. The highest BCUT2D eigenvalue weighted by Gasteiger charge is 2.53. The summed E-state index contributed by atoms with van der Waals surface area (Å²) in [6, 6.07) is 10.5. The van der Waals surface area contributed by atoms with Gasteiger partial charge in [-0.15, -0.1) is 0 Å². The highest BCUT2D eigenvalue weighted by atomic mass is 19.1. The average molecular weight is 510 g/mol. The molecule has 0 N–H and O–H groups in total. The average Bonchev–Trinajstić information content (AvgIpc) is 3.21. The lowest BCUT2D eigenvalue weighted by Crippen LogP contribution is -2.42. The molecule has 2 aliphatic carbocycles. The van der Waals surface area contributed by atoms with Gasteiger partial charge in [-0.05, 0) is 74.3 Å². The van der Waals surface area contributed by atoms with Crippen LogP contribution < -0.4 is 0 Å². The second-order valence-corrected chi connectivity index (χ2v) is 9.74. The standard InChI is InChI=1S/C26H28FNO2.C3H6O2.C2H6/c1-16-25-23(22-8-3-2-5-18(22)14-24(25)26(29)30-16)12-11-21-10-9-19(15-28-21)17-6-4-7-20(27)13-17;1-2-5-3-4;1-2/h4,6-7,9-13,15-16,18,22-25H,2-3,5,8,14H2,1H3;3H,2H2,1H3;1-2H3/b12-11+;;/t16-,18+,22+,23+,24+,25?;;/m0../s1. The number of ether oxygens (including phenoxy) is 2. The molecule has 0 spiro atoms. The molecule has 1 aromatic heterocycles. The molecule has 6 atom stereocenters. The van der Waals surface area contributed by atoms with Crippen LogP contribution in [0.5, 0.6) is 0 Å². The molecule has 3 aliphatic rings. The minimum absolute atomic E-state index is 0.00694. The van der Waals surface area contributed by atoms with E-state index in [1.165, 1.54) is 37.8 Å². The van der Waals surface area contributed by atoms with Gasteiger partial charge in [-0.2, -0.15) is 0 Å². The van der Waals surface area contributed by atoms with Crippen molar-refractivity contribution in [3.8, 4) is 11.1 Å². The Bertz CT molecular complexity index is 1040. The highest BCUT2D eigenvalue weighted by molar-refractivity contribution is 5.75. The first-order valence-electron chi connectivity index (χ1n) is 13.7. The molecular formula is C31H40FNO4. The lowest BCUT2D eigenvalue weighted by Gasteiger charge is -2.45. The molecule has 200 valence electrons. The van der Waals surface area contributed by atoms with E-state index in [0.717, 1.165) is 23.2 Å². The van der Waals surface area contributed by atoms with E-state index in [1.807, 2.05) is 32.0 Å². The van der Waals surface area contributed by atoms with E-state index in [2.05, 4.69) is 28.8 Å². The fraction of sp³-hybridized carbons (Fsp3) is 0.516. The van der Waals surface area contributed by atoms with Crippen LogP contribution in [-0.4, -0.2) is 30.1 Å². The summed E-state index contributed by atoms with van der Waals surface area (Å²) in [5.41, 5.74) is 2.62. The highest BCUT2D eigenvalue weighted by Crippen LogP contribution is 2.53. The first kappa shape index (κ1) is 28.5. The van der Waals surface area contributed by atoms with Crippen molar-refractivity contribution in [2.45, 2.75) is 65.9 Å². The number of benzene rings is 1. The maximum Gasteiger partial charge on any atom is 0.309 e. The van der Waals surface area contributed by atoms with E-state index in [-0.39, 0.29) is 29.7 Å². The Morgan fingerprint density at radius 2 is 1.92 bits per heavy atom. The monoisotopic (exact) mass is 509 g/mol. The largest absolute Gasteiger partial charge is 0.468 e. The Kier molecular flexibility index (Phi) is 10.8. The third kappa shape index (κ3) is 7.06. The normalized spacial score (nSPS) is 28.0. The smallest absolute Gasteiger partial charge is 0.309 e. The second-order valence-electron chi connectivity index (χ2n) is 9.74. The summed E-state index contributed by atoms with van der Waals surface area (Å²) >= 11 is 0. The maximum absolute atomic E-state index is 13.5. The second kappa shape index (κ2) is 14.1.